The van der Waals surface area contributed by atoms with Crippen LogP contribution in [0.15, 0.2) is 66.8 Å². The van der Waals surface area contributed by atoms with Gasteiger partial charge in [-0.2, -0.15) is 0 Å². The van der Waals surface area contributed by atoms with Gasteiger partial charge in [0.05, 0.1) is 16.4 Å². The summed E-state index contributed by atoms with van der Waals surface area (Å²) >= 11 is 0. The third-order valence-electron chi connectivity index (χ3n) is 6.65. The second-order valence-electron chi connectivity index (χ2n) is 8.81. The summed E-state index contributed by atoms with van der Waals surface area (Å²) < 4.78 is 0. The molecule has 0 radical (unpaired) electrons. The molecule has 2 aliphatic rings. The van der Waals surface area contributed by atoms with E-state index in [0.717, 1.165) is 42.9 Å². The summed E-state index contributed by atoms with van der Waals surface area (Å²) in [7, 11) is 0. The van der Waals surface area contributed by atoms with Crippen LogP contribution in [0, 0.1) is 0 Å². The zero-order valence-electron chi connectivity index (χ0n) is 18.1. The largest absolute Gasteiger partial charge is 0.341 e. The normalized spacial score (nSPS) is 21.5. The van der Waals surface area contributed by atoms with Crippen LogP contribution in [0.2, 0.25) is 0 Å². The molecule has 6 nitrogen and oxygen atoms in total. The predicted molar refractivity (Wildman–Crippen MR) is 125 cm³/mol. The number of hydroxylamine groups is 1. The van der Waals surface area contributed by atoms with Gasteiger partial charge in [0, 0.05) is 12.1 Å². The Hall–Kier alpha value is -3.22. The minimum absolute atomic E-state index is 0.256. The molecule has 1 amide bonds. The number of imidazole rings is 1. The molecule has 2 heterocycles. The van der Waals surface area contributed by atoms with Crippen LogP contribution in [-0.4, -0.2) is 45.6 Å². The van der Waals surface area contributed by atoms with Crippen molar-refractivity contribution in [2.24, 2.45) is 0 Å². The fraction of sp³-hybridized carbons (Fsp3) is 0.308. The lowest BCUT2D eigenvalue weighted by Crippen LogP contribution is -2.43. The van der Waals surface area contributed by atoms with Gasteiger partial charge in [0.1, 0.15) is 5.82 Å². The standard InChI is InChI=1S/C26H28N4O2/c31-24(29-32)21-9-10-22-23(17-21)28-25(27-22)26(18-30-15-5-2-6-16-30)13-11-20(12-14-26)19-7-3-1-4-8-19/h1,3-4,7-13,17,32H,2,5-6,14-16,18H2,(H,27,28)(H,29,31). The zero-order valence-corrected chi connectivity index (χ0v) is 18.1. The molecule has 1 saturated heterocycles. The summed E-state index contributed by atoms with van der Waals surface area (Å²) in [6, 6.07) is 15.7. The summed E-state index contributed by atoms with van der Waals surface area (Å²) in [6.45, 7) is 3.14. The molecule has 32 heavy (non-hydrogen) atoms. The molecule has 3 aromatic rings. The molecule has 0 spiro atoms. The van der Waals surface area contributed by atoms with Gasteiger partial charge in [-0.1, -0.05) is 55.0 Å². The van der Waals surface area contributed by atoms with Crippen molar-refractivity contribution in [2.75, 3.05) is 19.6 Å². The highest BCUT2D eigenvalue weighted by Crippen LogP contribution is 2.37. The first-order valence-corrected chi connectivity index (χ1v) is 11.3. The lowest BCUT2D eigenvalue weighted by atomic mass is 9.77. The highest BCUT2D eigenvalue weighted by molar-refractivity contribution is 5.96. The minimum atomic E-state index is -0.529. The molecule has 2 aromatic carbocycles. The van der Waals surface area contributed by atoms with Gasteiger partial charge < -0.3 is 9.88 Å². The van der Waals surface area contributed by atoms with E-state index in [1.165, 1.54) is 30.4 Å². The van der Waals surface area contributed by atoms with Crippen LogP contribution >= 0.6 is 0 Å². The fourth-order valence-corrected chi connectivity index (χ4v) is 4.86. The molecule has 1 aromatic heterocycles. The molecule has 6 heteroatoms. The number of aromatic nitrogens is 2. The third-order valence-corrected chi connectivity index (χ3v) is 6.65. The quantitative estimate of drug-likeness (QED) is 0.414. The molecule has 1 aliphatic heterocycles. The molecular weight excluding hydrogens is 400 g/mol. The Morgan fingerprint density at radius 3 is 2.66 bits per heavy atom. The van der Waals surface area contributed by atoms with E-state index in [2.05, 4.69) is 52.4 Å². The Balaban J connectivity index is 1.51. The number of rotatable bonds is 5. The fourth-order valence-electron chi connectivity index (χ4n) is 4.86. The molecule has 1 atom stereocenters. The van der Waals surface area contributed by atoms with E-state index in [9.17, 15) is 4.79 Å². The van der Waals surface area contributed by atoms with E-state index in [4.69, 9.17) is 10.2 Å². The van der Waals surface area contributed by atoms with Gasteiger partial charge in [-0.3, -0.25) is 10.0 Å². The summed E-state index contributed by atoms with van der Waals surface area (Å²) in [5.41, 5.74) is 5.91. The van der Waals surface area contributed by atoms with Crippen LogP contribution in [0.5, 0.6) is 0 Å². The topological polar surface area (TPSA) is 81.2 Å². The van der Waals surface area contributed by atoms with Crippen molar-refractivity contribution in [3.8, 4) is 0 Å². The number of amides is 1. The van der Waals surface area contributed by atoms with E-state index in [1.54, 1.807) is 17.6 Å². The first-order valence-electron chi connectivity index (χ1n) is 11.3. The van der Waals surface area contributed by atoms with Crippen molar-refractivity contribution < 1.29 is 10.0 Å². The van der Waals surface area contributed by atoms with Crippen LogP contribution < -0.4 is 5.48 Å². The van der Waals surface area contributed by atoms with Crippen LogP contribution in [0.25, 0.3) is 16.6 Å². The second-order valence-corrected chi connectivity index (χ2v) is 8.81. The Kier molecular flexibility index (Phi) is 5.64. The molecule has 1 fully saturated rings. The monoisotopic (exact) mass is 428 g/mol. The van der Waals surface area contributed by atoms with Crippen molar-refractivity contribution in [1.29, 1.82) is 0 Å². The van der Waals surface area contributed by atoms with Crippen molar-refractivity contribution in [3.63, 3.8) is 0 Å². The van der Waals surface area contributed by atoms with Gasteiger partial charge in [-0.15, -0.1) is 0 Å². The number of carbonyl (C=O) groups excluding carboxylic acids is 1. The number of likely N-dealkylation sites (tertiary alicyclic amines) is 1. The highest BCUT2D eigenvalue weighted by Gasteiger charge is 2.36. The third kappa shape index (κ3) is 3.99. The molecule has 164 valence electrons. The number of hydrogen-bond acceptors (Lipinski definition) is 4. The molecule has 3 N–H and O–H groups in total. The molecule has 0 saturated carbocycles. The smallest absolute Gasteiger partial charge is 0.274 e. The van der Waals surface area contributed by atoms with Crippen molar-refractivity contribution in [2.45, 2.75) is 31.1 Å². The number of piperidine rings is 1. The van der Waals surface area contributed by atoms with E-state index in [-0.39, 0.29) is 5.41 Å². The van der Waals surface area contributed by atoms with Crippen molar-refractivity contribution >= 4 is 22.5 Å². The molecule has 0 bridgehead atoms. The number of H-pyrrole nitrogens is 1. The lowest BCUT2D eigenvalue weighted by molar-refractivity contribution is 0.0706. The van der Waals surface area contributed by atoms with E-state index < -0.39 is 5.91 Å². The summed E-state index contributed by atoms with van der Waals surface area (Å²) in [4.78, 5) is 22.8. The van der Waals surface area contributed by atoms with E-state index in [0.29, 0.717) is 5.56 Å². The lowest BCUT2D eigenvalue weighted by Gasteiger charge is -2.37. The Bertz CT molecular complexity index is 1180. The van der Waals surface area contributed by atoms with E-state index in [1.807, 2.05) is 12.1 Å². The summed E-state index contributed by atoms with van der Waals surface area (Å²) in [5, 5.41) is 8.97. The minimum Gasteiger partial charge on any atom is -0.341 e. The average molecular weight is 429 g/mol. The van der Waals surface area contributed by atoms with Gasteiger partial charge in [0.15, 0.2) is 0 Å². The number of aromatic amines is 1. The Morgan fingerprint density at radius 2 is 1.94 bits per heavy atom. The van der Waals surface area contributed by atoms with Crippen LogP contribution in [-0.2, 0) is 5.41 Å². The summed E-state index contributed by atoms with van der Waals surface area (Å²) in [6.07, 6.45) is 11.5. The number of allylic oxidation sites excluding steroid dienone is 3. The first kappa shape index (κ1) is 20.7. The number of fused-ring (bicyclic) bond motifs is 1. The maximum atomic E-state index is 11.8. The maximum absolute atomic E-state index is 11.8. The van der Waals surface area contributed by atoms with Gasteiger partial charge in [0.25, 0.3) is 5.91 Å². The molecular formula is C26H28N4O2. The SMILES string of the molecule is O=C(NO)c1ccc2nc(C3(CN4CCCCC4)C=CC(c4ccccc4)=CC3)[nH]c2c1. The van der Waals surface area contributed by atoms with Crippen molar-refractivity contribution in [3.05, 3.63) is 83.7 Å². The molecule has 1 unspecified atom stereocenters. The van der Waals surface area contributed by atoms with Gasteiger partial charge >= 0.3 is 0 Å². The van der Waals surface area contributed by atoms with Crippen molar-refractivity contribution in [1.82, 2.24) is 20.3 Å². The number of nitrogens with zero attached hydrogens (tertiary/aromatic N) is 2. The zero-order chi connectivity index (χ0) is 22.0. The number of benzene rings is 2. The average Bonchev–Trinajstić information content (AvgIpc) is 3.29. The van der Waals surface area contributed by atoms with Gasteiger partial charge in [-0.05, 0) is 61.7 Å². The first-order chi connectivity index (χ1) is 15.7. The Morgan fingerprint density at radius 1 is 1.12 bits per heavy atom. The number of nitrogens with one attached hydrogen (secondary N) is 2. The van der Waals surface area contributed by atoms with Crippen LogP contribution in [0.3, 0.4) is 0 Å². The maximum Gasteiger partial charge on any atom is 0.274 e. The molecule has 1 aliphatic carbocycles. The number of hydrogen-bond donors (Lipinski definition) is 3. The van der Waals surface area contributed by atoms with Gasteiger partial charge in [-0.25, -0.2) is 10.5 Å². The predicted octanol–water partition coefficient (Wildman–Crippen LogP) is 4.45. The Labute approximate surface area is 187 Å². The summed E-state index contributed by atoms with van der Waals surface area (Å²) in [5.74, 6) is 0.387. The molecule has 5 rings (SSSR count). The van der Waals surface area contributed by atoms with E-state index >= 15 is 0 Å². The van der Waals surface area contributed by atoms with Crippen LogP contribution in [0.4, 0.5) is 0 Å². The highest BCUT2D eigenvalue weighted by atomic mass is 16.5. The number of carbonyl (C=O) groups is 1. The van der Waals surface area contributed by atoms with Gasteiger partial charge in [0.2, 0.25) is 0 Å². The second kappa shape index (κ2) is 8.73. The van der Waals surface area contributed by atoms with Crippen LogP contribution in [0.1, 0.15) is 47.4 Å².